The van der Waals surface area contributed by atoms with Crippen LogP contribution in [0.1, 0.15) is 56.8 Å². The fourth-order valence-corrected chi connectivity index (χ4v) is 4.79. The average Bonchev–Trinajstić information content (AvgIpc) is 3.43. The van der Waals surface area contributed by atoms with Crippen molar-refractivity contribution in [3.05, 3.63) is 42.0 Å². The first-order valence-corrected chi connectivity index (χ1v) is 13.3. The van der Waals surface area contributed by atoms with E-state index in [4.69, 9.17) is 19.4 Å². The van der Waals surface area contributed by atoms with Crippen LogP contribution in [0.3, 0.4) is 0 Å². The van der Waals surface area contributed by atoms with E-state index in [0.717, 1.165) is 84.7 Å². The number of hydrogen-bond donors (Lipinski definition) is 1. The Hall–Kier alpha value is -3.39. The minimum atomic E-state index is -0.356. The fraction of sp³-hybridized carbons (Fsp3) is 0.483. The Labute approximate surface area is 219 Å². The van der Waals surface area contributed by atoms with Crippen LogP contribution in [-0.4, -0.2) is 52.4 Å². The van der Waals surface area contributed by atoms with Crippen molar-refractivity contribution in [1.29, 1.82) is 0 Å². The Kier molecular flexibility index (Phi) is 8.82. The molecule has 8 heteroatoms. The zero-order chi connectivity index (χ0) is 26.4. The predicted octanol–water partition coefficient (Wildman–Crippen LogP) is 6.13. The van der Waals surface area contributed by atoms with Gasteiger partial charge in [0, 0.05) is 38.9 Å². The third-order valence-corrected chi connectivity index (χ3v) is 6.52. The molecule has 0 bridgehead atoms. The molecule has 1 N–H and O–H groups in total. The lowest BCUT2D eigenvalue weighted by Crippen LogP contribution is -2.13. The van der Waals surface area contributed by atoms with Gasteiger partial charge in [0.25, 0.3) is 0 Å². The molecule has 0 spiro atoms. The number of anilines is 1. The van der Waals surface area contributed by atoms with Crippen LogP contribution < -0.4 is 5.32 Å². The number of fused-ring (bicyclic) bond motifs is 2. The minimum absolute atomic E-state index is 0.356. The number of aryl methyl sites for hydroxylation is 1. The second-order valence-corrected chi connectivity index (χ2v) is 9.88. The van der Waals surface area contributed by atoms with Gasteiger partial charge in [-0.3, -0.25) is 0 Å². The van der Waals surface area contributed by atoms with Crippen LogP contribution in [0.25, 0.3) is 33.5 Å². The number of methoxy groups -OCH3 is 2. The van der Waals surface area contributed by atoms with Crippen LogP contribution in [0, 0.1) is 5.92 Å². The van der Waals surface area contributed by atoms with Gasteiger partial charge in [0.2, 0.25) is 5.95 Å². The first kappa shape index (κ1) is 26.7. The average molecular weight is 506 g/mol. The molecule has 0 saturated carbocycles. The maximum Gasteiger partial charge on any atom is 0.337 e. The van der Waals surface area contributed by atoms with Crippen molar-refractivity contribution in [2.45, 2.75) is 59.5 Å². The number of carbonyl (C=O) groups is 1. The largest absolute Gasteiger partial charge is 0.465 e. The van der Waals surface area contributed by atoms with E-state index >= 15 is 0 Å². The first-order valence-electron chi connectivity index (χ1n) is 13.3. The van der Waals surface area contributed by atoms with Gasteiger partial charge in [-0.1, -0.05) is 39.7 Å². The summed E-state index contributed by atoms with van der Waals surface area (Å²) in [5, 5.41) is 3.52. The molecule has 4 aromatic rings. The molecule has 0 aliphatic carbocycles. The monoisotopic (exact) mass is 505 g/mol. The van der Waals surface area contributed by atoms with Crippen molar-refractivity contribution in [3.8, 4) is 11.4 Å². The van der Waals surface area contributed by atoms with Crippen LogP contribution >= 0.6 is 0 Å². The van der Waals surface area contributed by atoms with Gasteiger partial charge < -0.3 is 23.9 Å². The Morgan fingerprint density at radius 1 is 1.03 bits per heavy atom. The number of ether oxygens (including phenoxy) is 2. The summed E-state index contributed by atoms with van der Waals surface area (Å²) in [6, 6.07) is 11.9. The third kappa shape index (κ3) is 5.80. The van der Waals surface area contributed by atoms with Gasteiger partial charge in [-0.15, -0.1) is 0 Å². The van der Waals surface area contributed by atoms with Gasteiger partial charge in [-0.2, -0.15) is 0 Å². The van der Waals surface area contributed by atoms with Crippen LogP contribution in [0.2, 0.25) is 0 Å². The van der Waals surface area contributed by atoms with E-state index in [1.807, 2.05) is 18.2 Å². The predicted molar refractivity (Wildman–Crippen MR) is 149 cm³/mol. The zero-order valence-electron chi connectivity index (χ0n) is 22.7. The Balaban J connectivity index is 1.88. The summed E-state index contributed by atoms with van der Waals surface area (Å²) < 4.78 is 14.7. The van der Waals surface area contributed by atoms with E-state index in [2.05, 4.69) is 53.4 Å². The molecule has 0 aliphatic rings. The third-order valence-electron chi connectivity index (χ3n) is 6.52. The number of nitrogens with one attached hydrogen (secondary N) is 1. The molecule has 0 radical (unpaired) electrons. The van der Waals surface area contributed by atoms with E-state index in [1.54, 1.807) is 7.11 Å². The van der Waals surface area contributed by atoms with E-state index in [0.29, 0.717) is 18.1 Å². The molecular formula is C29H39N5O3. The Morgan fingerprint density at radius 3 is 2.59 bits per heavy atom. The number of carbonyl (C=O) groups excluding carboxylic acids is 1. The second kappa shape index (κ2) is 12.2. The normalized spacial score (nSPS) is 11.6. The quantitative estimate of drug-likeness (QED) is 0.174. The lowest BCUT2D eigenvalue weighted by molar-refractivity contribution is 0.0601. The van der Waals surface area contributed by atoms with Crippen LogP contribution in [0.15, 0.2) is 36.4 Å². The summed E-state index contributed by atoms with van der Waals surface area (Å²) >= 11 is 0. The summed E-state index contributed by atoms with van der Waals surface area (Å²) in [5.74, 6) is 1.85. The number of benzene rings is 2. The van der Waals surface area contributed by atoms with Crippen molar-refractivity contribution in [1.82, 2.24) is 19.1 Å². The first-order chi connectivity index (χ1) is 18.0. The molecule has 2 aromatic heterocycles. The highest BCUT2D eigenvalue weighted by molar-refractivity contribution is 5.97. The van der Waals surface area contributed by atoms with Gasteiger partial charge in [0.1, 0.15) is 5.82 Å². The van der Waals surface area contributed by atoms with Crippen molar-refractivity contribution in [2.24, 2.45) is 5.92 Å². The van der Waals surface area contributed by atoms with Gasteiger partial charge >= 0.3 is 5.97 Å². The van der Waals surface area contributed by atoms with Gasteiger partial charge in [-0.05, 0) is 49.1 Å². The number of unbranched alkanes of at least 4 members (excludes halogenated alkanes) is 2. The maximum absolute atomic E-state index is 12.2. The molecule has 198 valence electrons. The van der Waals surface area contributed by atoms with E-state index in [1.165, 1.54) is 7.11 Å². The van der Waals surface area contributed by atoms with Crippen LogP contribution in [0.5, 0.6) is 0 Å². The zero-order valence-corrected chi connectivity index (χ0v) is 22.7. The number of aromatic nitrogens is 4. The van der Waals surface area contributed by atoms with Crippen LogP contribution in [-0.2, 0) is 22.6 Å². The molecule has 2 heterocycles. The molecule has 4 rings (SSSR count). The van der Waals surface area contributed by atoms with Crippen molar-refractivity contribution in [3.63, 3.8) is 0 Å². The van der Waals surface area contributed by atoms with E-state index in [9.17, 15) is 4.79 Å². The number of para-hydroxylation sites is 1. The number of rotatable bonds is 13. The molecule has 0 amide bonds. The molecule has 8 nitrogen and oxygen atoms in total. The van der Waals surface area contributed by atoms with Gasteiger partial charge in [-0.25, -0.2) is 14.8 Å². The number of esters is 1. The fourth-order valence-electron chi connectivity index (χ4n) is 4.79. The molecular weight excluding hydrogens is 466 g/mol. The van der Waals surface area contributed by atoms with Crippen molar-refractivity contribution in [2.75, 3.05) is 32.7 Å². The standard InChI is InChI=1S/C29H39N5O3/c1-6-7-8-16-33-25-14-13-21(28(35)37-5)18-24(25)31-27(33)22-11-9-12-23-26(22)34(19-20(2)3)29(32-23)30-15-10-17-36-4/h9,11-14,18,20H,6-8,10,15-17,19H2,1-5H3,(H,30,32). The molecule has 0 fully saturated rings. The second-order valence-electron chi connectivity index (χ2n) is 9.88. The summed E-state index contributed by atoms with van der Waals surface area (Å²) in [6.45, 7) is 9.84. The smallest absolute Gasteiger partial charge is 0.337 e. The van der Waals surface area contributed by atoms with Gasteiger partial charge in [0.05, 0.1) is 34.7 Å². The number of nitrogens with zero attached hydrogens (tertiary/aromatic N) is 4. The SMILES string of the molecule is CCCCCn1c(-c2cccc3nc(NCCCOC)n(CC(C)C)c23)nc2cc(C(=O)OC)ccc21. The Bertz CT molecular complexity index is 1350. The minimum Gasteiger partial charge on any atom is -0.465 e. The topological polar surface area (TPSA) is 83.2 Å². The van der Waals surface area contributed by atoms with Gasteiger partial charge in [0.15, 0.2) is 0 Å². The maximum atomic E-state index is 12.2. The molecule has 0 aliphatic heterocycles. The number of imidazole rings is 2. The summed E-state index contributed by atoms with van der Waals surface area (Å²) in [5.41, 5.74) is 5.37. The van der Waals surface area contributed by atoms with E-state index < -0.39 is 0 Å². The lowest BCUT2D eigenvalue weighted by Gasteiger charge is -2.15. The Morgan fingerprint density at radius 2 is 1.86 bits per heavy atom. The summed E-state index contributed by atoms with van der Waals surface area (Å²) in [6.07, 6.45) is 4.25. The number of hydrogen-bond acceptors (Lipinski definition) is 6. The van der Waals surface area contributed by atoms with Crippen LogP contribution in [0.4, 0.5) is 5.95 Å². The van der Waals surface area contributed by atoms with Crippen molar-refractivity contribution >= 4 is 34.0 Å². The highest BCUT2D eigenvalue weighted by Gasteiger charge is 2.21. The lowest BCUT2D eigenvalue weighted by atomic mass is 10.1. The summed E-state index contributed by atoms with van der Waals surface area (Å²) in [4.78, 5) is 22.3. The molecule has 0 unspecified atom stereocenters. The molecule has 0 saturated heterocycles. The molecule has 0 atom stereocenters. The molecule has 2 aromatic carbocycles. The summed E-state index contributed by atoms with van der Waals surface area (Å²) in [7, 11) is 3.12. The van der Waals surface area contributed by atoms with E-state index in [-0.39, 0.29) is 5.97 Å². The highest BCUT2D eigenvalue weighted by atomic mass is 16.5. The highest BCUT2D eigenvalue weighted by Crippen LogP contribution is 2.34. The van der Waals surface area contributed by atoms with Crippen molar-refractivity contribution < 1.29 is 14.3 Å². The molecule has 37 heavy (non-hydrogen) atoms.